The Morgan fingerprint density at radius 3 is 2.62 bits per heavy atom. The summed E-state index contributed by atoms with van der Waals surface area (Å²) in [6, 6.07) is 24.0. The largest absolute Gasteiger partial charge is 0.507 e. The summed E-state index contributed by atoms with van der Waals surface area (Å²) in [6.07, 6.45) is 3.22. The molecule has 7 heteroatoms. The van der Waals surface area contributed by atoms with E-state index in [9.17, 15) is 9.90 Å². The molecular formula is C27H21N5O2. The Bertz CT molecular complexity index is 1520. The first-order valence-corrected chi connectivity index (χ1v) is 10.7. The number of phenols is 1. The second-order valence-electron chi connectivity index (χ2n) is 7.85. The number of para-hydroxylation sites is 2. The van der Waals surface area contributed by atoms with Crippen molar-refractivity contribution in [3.8, 4) is 28.3 Å². The number of nitrogens with zero attached hydrogens (tertiary/aromatic N) is 3. The molecule has 34 heavy (non-hydrogen) atoms. The maximum atomic E-state index is 13.1. The van der Waals surface area contributed by atoms with Gasteiger partial charge in [-0.15, -0.1) is 0 Å². The number of aromatic hydroxyl groups is 1. The van der Waals surface area contributed by atoms with Crippen molar-refractivity contribution in [2.75, 3.05) is 0 Å². The van der Waals surface area contributed by atoms with Gasteiger partial charge in [0, 0.05) is 22.1 Å². The molecule has 1 amide bonds. The smallest absolute Gasteiger partial charge is 0.272 e. The SMILES string of the molecule is Cc1ccc(-c2[nH]ncc2C=NNC(=O)c2cc(-c3ccccc3O)nc3ccccc23)cc1. The molecule has 2 heterocycles. The third kappa shape index (κ3) is 4.14. The molecule has 3 aromatic carbocycles. The summed E-state index contributed by atoms with van der Waals surface area (Å²) in [5.74, 6) is -0.287. The zero-order valence-corrected chi connectivity index (χ0v) is 18.4. The molecule has 0 aliphatic heterocycles. The van der Waals surface area contributed by atoms with Gasteiger partial charge in [0.1, 0.15) is 5.75 Å². The molecule has 0 spiro atoms. The number of nitrogens with one attached hydrogen (secondary N) is 2. The van der Waals surface area contributed by atoms with E-state index in [1.807, 2.05) is 61.5 Å². The van der Waals surface area contributed by atoms with E-state index in [1.165, 1.54) is 5.56 Å². The number of H-pyrrole nitrogens is 1. The van der Waals surface area contributed by atoms with Crippen LogP contribution >= 0.6 is 0 Å². The molecule has 0 unspecified atom stereocenters. The first kappa shape index (κ1) is 21.1. The number of aryl methyl sites for hydroxylation is 1. The fraction of sp³-hybridized carbons (Fsp3) is 0.0370. The maximum absolute atomic E-state index is 13.1. The first-order valence-electron chi connectivity index (χ1n) is 10.7. The molecule has 0 aliphatic carbocycles. The number of hydrazone groups is 1. The fourth-order valence-electron chi connectivity index (χ4n) is 3.76. The van der Waals surface area contributed by atoms with Crippen LogP contribution in [-0.4, -0.2) is 32.4 Å². The minimum Gasteiger partial charge on any atom is -0.507 e. The standard InChI is InChI=1S/C27H21N5O2/c1-17-10-12-18(13-11-17)26-19(15-28-31-26)16-29-32-27(34)22-14-24(21-7-3-5-9-25(21)33)30-23-8-4-2-6-20(22)23/h2-16,33H,1H3,(H,28,31)(H,32,34). The number of phenolic OH excluding ortho intramolecular Hbond substituents is 1. The van der Waals surface area contributed by atoms with Crippen molar-refractivity contribution in [1.82, 2.24) is 20.6 Å². The monoisotopic (exact) mass is 447 g/mol. The van der Waals surface area contributed by atoms with Crippen LogP contribution < -0.4 is 5.43 Å². The molecule has 166 valence electrons. The predicted octanol–water partition coefficient (Wildman–Crippen LogP) is 5.07. The van der Waals surface area contributed by atoms with Gasteiger partial charge in [0.05, 0.1) is 34.9 Å². The van der Waals surface area contributed by atoms with Crippen LogP contribution in [0.1, 0.15) is 21.5 Å². The summed E-state index contributed by atoms with van der Waals surface area (Å²) in [5.41, 5.74) is 8.42. The van der Waals surface area contributed by atoms with Crippen LogP contribution in [0.25, 0.3) is 33.4 Å². The van der Waals surface area contributed by atoms with Gasteiger partial charge in [0.25, 0.3) is 5.91 Å². The zero-order valence-electron chi connectivity index (χ0n) is 18.4. The lowest BCUT2D eigenvalue weighted by Gasteiger charge is -2.10. The molecule has 2 aromatic heterocycles. The number of carbonyl (C=O) groups is 1. The van der Waals surface area contributed by atoms with Crippen LogP contribution in [0, 0.1) is 6.92 Å². The summed E-state index contributed by atoms with van der Waals surface area (Å²) in [4.78, 5) is 17.7. The Morgan fingerprint density at radius 1 is 1.03 bits per heavy atom. The third-order valence-corrected chi connectivity index (χ3v) is 5.52. The highest BCUT2D eigenvalue weighted by Gasteiger charge is 2.15. The first-order chi connectivity index (χ1) is 16.6. The van der Waals surface area contributed by atoms with Crippen molar-refractivity contribution in [2.24, 2.45) is 5.10 Å². The van der Waals surface area contributed by atoms with Crippen molar-refractivity contribution >= 4 is 23.0 Å². The normalized spacial score (nSPS) is 11.2. The van der Waals surface area contributed by atoms with Gasteiger partial charge in [-0.05, 0) is 31.2 Å². The quantitative estimate of drug-likeness (QED) is 0.258. The van der Waals surface area contributed by atoms with Crippen LogP contribution in [-0.2, 0) is 0 Å². The van der Waals surface area contributed by atoms with E-state index in [0.717, 1.165) is 16.8 Å². The summed E-state index contributed by atoms with van der Waals surface area (Å²) >= 11 is 0. The number of hydrogen-bond donors (Lipinski definition) is 3. The van der Waals surface area contributed by atoms with Crippen molar-refractivity contribution in [2.45, 2.75) is 6.92 Å². The van der Waals surface area contributed by atoms with Gasteiger partial charge < -0.3 is 5.11 Å². The van der Waals surface area contributed by atoms with Crippen LogP contribution in [0.4, 0.5) is 0 Å². The Hall–Kier alpha value is -4.78. The number of aromatic amines is 1. The lowest BCUT2D eigenvalue weighted by molar-refractivity contribution is 0.0956. The molecule has 0 radical (unpaired) electrons. The molecular weight excluding hydrogens is 426 g/mol. The van der Waals surface area contributed by atoms with E-state index in [-0.39, 0.29) is 11.7 Å². The Balaban J connectivity index is 1.45. The topological polar surface area (TPSA) is 103 Å². The molecule has 3 N–H and O–H groups in total. The summed E-state index contributed by atoms with van der Waals surface area (Å²) in [7, 11) is 0. The van der Waals surface area contributed by atoms with Gasteiger partial charge in [-0.2, -0.15) is 10.2 Å². The number of amides is 1. The van der Waals surface area contributed by atoms with Crippen LogP contribution in [0.15, 0.2) is 90.2 Å². The van der Waals surface area contributed by atoms with E-state index in [4.69, 9.17) is 0 Å². The number of aromatic nitrogens is 3. The lowest BCUT2D eigenvalue weighted by Crippen LogP contribution is -2.18. The lowest BCUT2D eigenvalue weighted by atomic mass is 10.0. The van der Waals surface area contributed by atoms with E-state index < -0.39 is 0 Å². The second kappa shape index (κ2) is 8.99. The Kier molecular flexibility index (Phi) is 5.58. The van der Waals surface area contributed by atoms with Gasteiger partial charge in [-0.25, -0.2) is 10.4 Å². The minimum absolute atomic E-state index is 0.0956. The predicted molar refractivity (Wildman–Crippen MR) is 133 cm³/mol. The number of hydrogen-bond acceptors (Lipinski definition) is 5. The Morgan fingerprint density at radius 2 is 1.79 bits per heavy atom. The van der Waals surface area contributed by atoms with Crippen molar-refractivity contribution in [3.05, 3.63) is 102 Å². The van der Waals surface area contributed by atoms with E-state index >= 15 is 0 Å². The molecule has 5 aromatic rings. The molecule has 0 atom stereocenters. The fourth-order valence-corrected chi connectivity index (χ4v) is 3.76. The molecule has 0 fully saturated rings. The molecule has 0 saturated heterocycles. The average Bonchev–Trinajstić information content (AvgIpc) is 3.32. The number of carbonyl (C=O) groups excluding carboxylic acids is 1. The number of fused-ring (bicyclic) bond motifs is 1. The summed E-state index contributed by atoms with van der Waals surface area (Å²) in [6.45, 7) is 2.03. The number of rotatable bonds is 5. The van der Waals surface area contributed by atoms with Crippen molar-refractivity contribution in [3.63, 3.8) is 0 Å². The van der Waals surface area contributed by atoms with Crippen LogP contribution in [0.5, 0.6) is 5.75 Å². The van der Waals surface area contributed by atoms with Gasteiger partial charge in [-0.1, -0.05) is 60.2 Å². The molecule has 0 saturated carbocycles. The third-order valence-electron chi connectivity index (χ3n) is 5.52. The van der Waals surface area contributed by atoms with Gasteiger partial charge in [0.2, 0.25) is 0 Å². The Labute approximate surface area is 195 Å². The molecule has 0 aliphatic rings. The van der Waals surface area contributed by atoms with Gasteiger partial charge in [-0.3, -0.25) is 9.89 Å². The van der Waals surface area contributed by atoms with Crippen molar-refractivity contribution in [1.29, 1.82) is 0 Å². The van der Waals surface area contributed by atoms with E-state index in [0.29, 0.717) is 27.7 Å². The van der Waals surface area contributed by atoms with E-state index in [2.05, 4.69) is 25.7 Å². The highest BCUT2D eigenvalue weighted by atomic mass is 16.3. The molecule has 7 nitrogen and oxygen atoms in total. The highest BCUT2D eigenvalue weighted by Crippen LogP contribution is 2.30. The zero-order chi connectivity index (χ0) is 23.5. The second-order valence-corrected chi connectivity index (χ2v) is 7.85. The van der Waals surface area contributed by atoms with Crippen LogP contribution in [0.3, 0.4) is 0 Å². The number of benzene rings is 3. The van der Waals surface area contributed by atoms with Crippen LogP contribution in [0.2, 0.25) is 0 Å². The summed E-state index contributed by atoms with van der Waals surface area (Å²) < 4.78 is 0. The molecule has 0 bridgehead atoms. The average molecular weight is 447 g/mol. The van der Waals surface area contributed by atoms with E-state index in [1.54, 1.807) is 36.7 Å². The minimum atomic E-state index is -0.382. The number of pyridine rings is 1. The highest BCUT2D eigenvalue weighted by molar-refractivity contribution is 6.07. The summed E-state index contributed by atoms with van der Waals surface area (Å²) in [5, 5.41) is 22.2. The van der Waals surface area contributed by atoms with Gasteiger partial charge >= 0.3 is 0 Å². The maximum Gasteiger partial charge on any atom is 0.272 e. The van der Waals surface area contributed by atoms with Crippen molar-refractivity contribution < 1.29 is 9.90 Å². The van der Waals surface area contributed by atoms with Gasteiger partial charge in [0.15, 0.2) is 0 Å². The molecule has 5 rings (SSSR count).